The van der Waals surface area contributed by atoms with E-state index in [0.717, 1.165) is 17.3 Å². The third-order valence-corrected chi connectivity index (χ3v) is 3.55. The number of rotatable bonds is 4. The number of hydrogen-bond acceptors (Lipinski definition) is 1. The van der Waals surface area contributed by atoms with Crippen molar-refractivity contribution in [3.63, 3.8) is 0 Å². The smallest absolute Gasteiger partial charge is 0.251 e. The summed E-state index contributed by atoms with van der Waals surface area (Å²) in [7, 11) is 0. The quantitative estimate of drug-likeness (QED) is 0.664. The lowest BCUT2D eigenvalue weighted by Crippen LogP contribution is -2.18. The third-order valence-electron chi connectivity index (χ3n) is 3.55. The molecular weight excluding hydrogens is 258 g/mol. The number of para-hydroxylation sites is 1. The summed E-state index contributed by atoms with van der Waals surface area (Å²) in [6.45, 7) is 0.604. The van der Waals surface area contributed by atoms with Crippen LogP contribution in [-0.2, 0) is 13.0 Å². The molecule has 104 valence electrons. The van der Waals surface area contributed by atoms with Crippen molar-refractivity contribution < 1.29 is 0 Å². The zero-order chi connectivity index (χ0) is 14.5. The summed E-state index contributed by atoms with van der Waals surface area (Å²) in [6, 6.07) is 21.8. The van der Waals surface area contributed by atoms with E-state index < -0.39 is 0 Å². The molecule has 2 heteroatoms. The van der Waals surface area contributed by atoms with Gasteiger partial charge in [-0.15, -0.1) is 0 Å². The van der Waals surface area contributed by atoms with Gasteiger partial charge in [0.25, 0.3) is 5.56 Å². The van der Waals surface area contributed by atoms with Crippen molar-refractivity contribution in [3.8, 4) is 0 Å². The highest BCUT2D eigenvalue weighted by molar-refractivity contribution is 5.78. The van der Waals surface area contributed by atoms with Crippen LogP contribution in [0.4, 0.5) is 0 Å². The standard InChI is InChI=1S/C19H17NO/c21-19-14-13-17-11-4-5-12-18(17)20(19)15-7-6-10-16-8-2-1-3-9-16/h1-9,11-14H,10,15H2. The van der Waals surface area contributed by atoms with Crippen molar-refractivity contribution in [1.29, 1.82) is 0 Å². The lowest BCUT2D eigenvalue weighted by molar-refractivity contribution is 0.814. The Labute approximate surface area is 124 Å². The normalized spacial score (nSPS) is 11.2. The highest BCUT2D eigenvalue weighted by atomic mass is 16.1. The molecule has 0 aliphatic carbocycles. The number of allylic oxidation sites excluding steroid dienone is 2. The van der Waals surface area contributed by atoms with Crippen molar-refractivity contribution in [2.75, 3.05) is 0 Å². The SMILES string of the molecule is O=c1ccc2ccccc2n1CC=CCc1ccccc1. The highest BCUT2D eigenvalue weighted by Crippen LogP contribution is 2.11. The molecule has 0 aliphatic heterocycles. The molecule has 0 saturated heterocycles. The molecule has 21 heavy (non-hydrogen) atoms. The van der Waals surface area contributed by atoms with Gasteiger partial charge in [-0.1, -0.05) is 60.7 Å². The number of benzene rings is 2. The first-order valence-electron chi connectivity index (χ1n) is 7.12. The molecular formula is C19H17NO. The Morgan fingerprint density at radius 2 is 1.57 bits per heavy atom. The van der Waals surface area contributed by atoms with Gasteiger partial charge in [0.05, 0.1) is 5.52 Å². The highest BCUT2D eigenvalue weighted by Gasteiger charge is 1.99. The minimum absolute atomic E-state index is 0.0399. The summed E-state index contributed by atoms with van der Waals surface area (Å²) in [6.07, 6.45) is 5.06. The average Bonchev–Trinajstić information content (AvgIpc) is 2.54. The van der Waals surface area contributed by atoms with Crippen molar-refractivity contribution in [2.24, 2.45) is 0 Å². The van der Waals surface area contributed by atoms with E-state index in [1.807, 2.05) is 48.5 Å². The fourth-order valence-electron chi connectivity index (χ4n) is 2.45. The second-order valence-electron chi connectivity index (χ2n) is 5.00. The van der Waals surface area contributed by atoms with E-state index in [-0.39, 0.29) is 5.56 Å². The molecule has 0 fully saturated rings. The van der Waals surface area contributed by atoms with E-state index in [4.69, 9.17) is 0 Å². The number of hydrogen-bond donors (Lipinski definition) is 0. The van der Waals surface area contributed by atoms with Gasteiger partial charge < -0.3 is 4.57 Å². The predicted molar refractivity (Wildman–Crippen MR) is 87.5 cm³/mol. The van der Waals surface area contributed by atoms with Crippen LogP contribution in [0.1, 0.15) is 5.56 Å². The van der Waals surface area contributed by atoms with Gasteiger partial charge in [0.1, 0.15) is 0 Å². The van der Waals surface area contributed by atoms with E-state index in [1.54, 1.807) is 10.6 Å². The first-order chi connectivity index (χ1) is 10.3. The second-order valence-corrected chi connectivity index (χ2v) is 5.00. The topological polar surface area (TPSA) is 22.0 Å². The molecule has 3 rings (SSSR count). The fourth-order valence-corrected chi connectivity index (χ4v) is 2.45. The van der Waals surface area contributed by atoms with Crippen molar-refractivity contribution >= 4 is 10.9 Å². The molecule has 0 spiro atoms. The Morgan fingerprint density at radius 1 is 0.810 bits per heavy atom. The van der Waals surface area contributed by atoms with E-state index in [2.05, 4.69) is 24.3 Å². The molecule has 0 unspecified atom stereocenters. The maximum atomic E-state index is 12.0. The van der Waals surface area contributed by atoms with Crippen LogP contribution >= 0.6 is 0 Å². The van der Waals surface area contributed by atoms with Crippen LogP contribution in [-0.4, -0.2) is 4.57 Å². The largest absolute Gasteiger partial charge is 0.304 e. The molecule has 1 aromatic heterocycles. The Hall–Kier alpha value is -2.61. The van der Waals surface area contributed by atoms with Crippen LogP contribution in [0.5, 0.6) is 0 Å². The summed E-state index contributed by atoms with van der Waals surface area (Å²) >= 11 is 0. The third kappa shape index (κ3) is 3.11. The molecule has 1 heterocycles. The second kappa shape index (κ2) is 6.23. The van der Waals surface area contributed by atoms with Crippen molar-refractivity contribution in [1.82, 2.24) is 4.57 Å². The van der Waals surface area contributed by atoms with Gasteiger partial charge in [0.2, 0.25) is 0 Å². The number of aromatic nitrogens is 1. The van der Waals surface area contributed by atoms with Crippen LogP contribution in [0.15, 0.2) is 83.7 Å². The Kier molecular flexibility index (Phi) is 3.97. The van der Waals surface area contributed by atoms with Crippen LogP contribution in [0.3, 0.4) is 0 Å². The molecule has 2 aromatic carbocycles. The summed E-state index contributed by atoms with van der Waals surface area (Å²) in [5.41, 5.74) is 2.30. The molecule has 0 radical (unpaired) electrons. The number of fused-ring (bicyclic) bond motifs is 1. The summed E-state index contributed by atoms with van der Waals surface area (Å²) in [4.78, 5) is 12.0. The molecule has 2 nitrogen and oxygen atoms in total. The fraction of sp³-hybridized carbons (Fsp3) is 0.105. The zero-order valence-electron chi connectivity index (χ0n) is 11.8. The van der Waals surface area contributed by atoms with Crippen LogP contribution in [0.2, 0.25) is 0 Å². The van der Waals surface area contributed by atoms with Crippen LogP contribution in [0.25, 0.3) is 10.9 Å². The number of nitrogens with zero attached hydrogens (tertiary/aromatic N) is 1. The van der Waals surface area contributed by atoms with Gasteiger partial charge in [0, 0.05) is 12.6 Å². The predicted octanol–water partition coefficient (Wildman–Crippen LogP) is 3.80. The molecule has 0 N–H and O–H groups in total. The van der Waals surface area contributed by atoms with Gasteiger partial charge in [-0.3, -0.25) is 4.79 Å². The minimum atomic E-state index is 0.0399. The monoisotopic (exact) mass is 275 g/mol. The van der Waals surface area contributed by atoms with Gasteiger partial charge in [-0.25, -0.2) is 0 Å². The first-order valence-corrected chi connectivity index (χ1v) is 7.12. The molecule has 0 amide bonds. The molecule has 0 atom stereocenters. The van der Waals surface area contributed by atoms with E-state index >= 15 is 0 Å². The van der Waals surface area contributed by atoms with Gasteiger partial charge in [-0.2, -0.15) is 0 Å². The van der Waals surface area contributed by atoms with Crippen molar-refractivity contribution in [3.05, 3.63) is 94.8 Å². The summed E-state index contributed by atoms with van der Waals surface area (Å²) < 4.78 is 1.80. The molecule has 0 aliphatic rings. The maximum Gasteiger partial charge on any atom is 0.251 e. The maximum absolute atomic E-state index is 12.0. The van der Waals surface area contributed by atoms with Crippen molar-refractivity contribution in [2.45, 2.75) is 13.0 Å². The molecule has 0 saturated carbocycles. The van der Waals surface area contributed by atoms with Gasteiger partial charge >= 0.3 is 0 Å². The van der Waals surface area contributed by atoms with E-state index in [0.29, 0.717) is 6.54 Å². The van der Waals surface area contributed by atoms with E-state index in [1.165, 1.54) is 5.56 Å². The van der Waals surface area contributed by atoms with E-state index in [9.17, 15) is 4.79 Å². The Bertz CT molecular complexity index is 816. The zero-order valence-corrected chi connectivity index (χ0v) is 11.8. The summed E-state index contributed by atoms with van der Waals surface area (Å²) in [5, 5.41) is 1.09. The lowest BCUT2D eigenvalue weighted by Gasteiger charge is -2.07. The first kappa shape index (κ1) is 13.4. The van der Waals surface area contributed by atoms with Gasteiger partial charge in [0.15, 0.2) is 0 Å². The van der Waals surface area contributed by atoms with Gasteiger partial charge in [-0.05, 0) is 29.5 Å². The average molecular weight is 275 g/mol. The lowest BCUT2D eigenvalue weighted by atomic mass is 10.1. The summed E-state index contributed by atoms with van der Waals surface area (Å²) in [5.74, 6) is 0. The molecule has 3 aromatic rings. The van der Waals surface area contributed by atoms with Crippen LogP contribution in [0, 0.1) is 0 Å². The Balaban J connectivity index is 1.79. The number of pyridine rings is 1. The molecule has 0 bridgehead atoms. The minimum Gasteiger partial charge on any atom is -0.304 e. The van der Waals surface area contributed by atoms with Crippen LogP contribution < -0.4 is 5.56 Å². The Morgan fingerprint density at radius 3 is 2.43 bits per heavy atom.